The lowest BCUT2D eigenvalue weighted by Gasteiger charge is -2.27. The number of imidazole rings is 1. The van der Waals surface area contributed by atoms with Crippen molar-refractivity contribution in [3.63, 3.8) is 0 Å². The molecule has 170 valence electrons. The van der Waals surface area contributed by atoms with Gasteiger partial charge in [-0.1, -0.05) is 17.7 Å². The van der Waals surface area contributed by atoms with E-state index in [0.717, 1.165) is 11.3 Å². The van der Waals surface area contributed by atoms with Crippen LogP contribution in [0, 0.1) is 5.82 Å². The fraction of sp³-hybridized carbons (Fsp3) is 0.174. The summed E-state index contributed by atoms with van der Waals surface area (Å²) >= 11 is 6.41. The zero-order valence-corrected chi connectivity index (χ0v) is 18.7. The van der Waals surface area contributed by atoms with Gasteiger partial charge in [-0.2, -0.15) is 4.68 Å². The van der Waals surface area contributed by atoms with E-state index in [2.05, 4.69) is 25.3 Å². The summed E-state index contributed by atoms with van der Waals surface area (Å²) in [5.74, 6) is 0.685. The van der Waals surface area contributed by atoms with E-state index in [4.69, 9.17) is 16.6 Å². The molecule has 0 amide bonds. The van der Waals surface area contributed by atoms with E-state index in [-0.39, 0.29) is 11.4 Å². The molecular weight excluding hydrogens is 459 g/mol. The molecule has 0 fully saturated rings. The molecule has 3 aromatic heterocycles. The first-order valence-electron chi connectivity index (χ1n) is 10.7. The molecule has 11 heteroatoms. The van der Waals surface area contributed by atoms with Crippen LogP contribution >= 0.6 is 11.6 Å². The minimum atomic E-state index is -0.443. The predicted molar refractivity (Wildman–Crippen MR) is 128 cm³/mol. The number of nitrogens with zero attached hydrogens (tertiary/aromatic N) is 6. The maximum absolute atomic E-state index is 13.8. The van der Waals surface area contributed by atoms with Crippen LogP contribution in [0.15, 0.2) is 53.8 Å². The van der Waals surface area contributed by atoms with Crippen LogP contribution in [0.4, 0.5) is 15.9 Å². The highest BCUT2D eigenvalue weighted by Crippen LogP contribution is 2.31. The van der Waals surface area contributed by atoms with E-state index >= 15 is 0 Å². The zero-order chi connectivity index (χ0) is 23.4. The van der Waals surface area contributed by atoms with Crippen LogP contribution in [0.3, 0.4) is 0 Å². The number of hydrogen-bond donors (Lipinski definition) is 2. The molecule has 1 aliphatic rings. The first kappa shape index (κ1) is 20.5. The van der Waals surface area contributed by atoms with Gasteiger partial charge in [0.15, 0.2) is 17.3 Å². The molecule has 34 heavy (non-hydrogen) atoms. The van der Waals surface area contributed by atoms with E-state index in [9.17, 15) is 9.18 Å². The second-order valence-electron chi connectivity index (χ2n) is 8.06. The van der Waals surface area contributed by atoms with Crippen LogP contribution in [-0.2, 0) is 6.42 Å². The number of aromatic nitrogens is 6. The molecular formula is C23H18ClFN8O. The Morgan fingerprint density at radius 1 is 1.21 bits per heavy atom. The lowest BCUT2D eigenvalue weighted by Crippen LogP contribution is -2.41. The standard InChI is InChI=1S/C23H18ClFN8O/c1-12(30-21-19-20(27-10-26-19)28-11-29-21)22-31-16-4-2-3-15(24)18(16)23(34)33(22)32-8-7-13-9-14(25)5-6-17(13)32/h2-6,9-12H,7-8H2,1H3,(H2,26,27,28,29,30)/t12-/m0/s1. The number of fused-ring (bicyclic) bond motifs is 3. The fourth-order valence-electron chi connectivity index (χ4n) is 4.42. The Kier molecular flexibility index (Phi) is 4.70. The van der Waals surface area contributed by atoms with Gasteiger partial charge in [-0.15, -0.1) is 0 Å². The van der Waals surface area contributed by atoms with Gasteiger partial charge in [0.1, 0.15) is 17.7 Å². The Balaban J connectivity index is 1.54. The van der Waals surface area contributed by atoms with E-state index in [0.29, 0.717) is 51.7 Å². The lowest BCUT2D eigenvalue weighted by molar-refractivity contribution is 0.608. The summed E-state index contributed by atoms with van der Waals surface area (Å²) in [6, 6.07) is 9.31. The fourth-order valence-corrected chi connectivity index (χ4v) is 4.67. The van der Waals surface area contributed by atoms with Crippen molar-refractivity contribution in [3.8, 4) is 0 Å². The molecule has 9 nitrogen and oxygen atoms in total. The van der Waals surface area contributed by atoms with Crippen LogP contribution in [0.1, 0.15) is 24.4 Å². The van der Waals surface area contributed by atoms with Crippen molar-refractivity contribution >= 4 is 45.2 Å². The third kappa shape index (κ3) is 3.18. The average Bonchev–Trinajstić information content (AvgIpc) is 3.46. The van der Waals surface area contributed by atoms with Crippen LogP contribution in [0.2, 0.25) is 5.02 Å². The van der Waals surface area contributed by atoms with Crippen molar-refractivity contribution in [2.45, 2.75) is 19.4 Å². The summed E-state index contributed by atoms with van der Waals surface area (Å²) in [4.78, 5) is 34.3. The largest absolute Gasteiger partial charge is 0.358 e. The number of nitrogens with one attached hydrogen (secondary N) is 2. The SMILES string of the molecule is C[C@H](Nc1ncnc2nc[nH]c12)c1nc2cccc(Cl)c2c(=O)n1N1CCc2cc(F)ccc21. The third-order valence-corrected chi connectivity index (χ3v) is 6.28. The van der Waals surface area contributed by atoms with Gasteiger partial charge in [0.05, 0.1) is 34.0 Å². The van der Waals surface area contributed by atoms with E-state index in [1.807, 2.05) is 11.9 Å². The average molecular weight is 477 g/mol. The molecule has 0 bridgehead atoms. The number of rotatable bonds is 4. The van der Waals surface area contributed by atoms with Crippen molar-refractivity contribution in [1.29, 1.82) is 0 Å². The molecule has 0 unspecified atom stereocenters. The number of anilines is 2. The summed E-state index contributed by atoms with van der Waals surface area (Å²) in [6.07, 6.45) is 3.56. The number of halogens is 2. The van der Waals surface area contributed by atoms with E-state index < -0.39 is 6.04 Å². The first-order chi connectivity index (χ1) is 16.5. The Hall–Kier alpha value is -4.05. The van der Waals surface area contributed by atoms with Gasteiger partial charge in [0.25, 0.3) is 5.56 Å². The van der Waals surface area contributed by atoms with Crippen molar-refractivity contribution in [1.82, 2.24) is 29.6 Å². The first-order valence-corrected chi connectivity index (χ1v) is 11.1. The van der Waals surface area contributed by atoms with Crippen LogP contribution in [-0.4, -0.2) is 36.1 Å². The molecule has 6 rings (SSSR count). The molecule has 0 saturated carbocycles. The molecule has 0 aliphatic carbocycles. The van der Waals surface area contributed by atoms with Crippen molar-refractivity contribution in [2.24, 2.45) is 0 Å². The van der Waals surface area contributed by atoms with Gasteiger partial charge in [-0.05, 0) is 49.2 Å². The zero-order valence-electron chi connectivity index (χ0n) is 18.0. The van der Waals surface area contributed by atoms with Gasteiger partial charge in [0, 0.05) is 6.54 Å². The highest BCUT2D eigenvalue weighted by Gasteiger charge is 2.28. The van der Waals surface area contributed by atoms with E-state index in [1.54, 1.807) is 30.6 Å². The van der Waals surface area contributed by atoms with Gasteiger partial charge >= 0.3 is 0 Å². The van der Waals surface area contributed by atoms with Crippen molar-refractivity contribution in [2.75, 3.05) is 16.9 Å². The van der Waals surface area contributed by atoms with Gasteiger partial charge < -0.3 is 10.3 Å². The number of benzene rings is 2. The topological polar surface area (TPSA) is 105 Å². The van der Waals surface area contributed by atoms with Crippen LogP contribution in [0.25, 0.3) is 22.1 Å². The maximum atomic E-state index is 13.8. The number of H-pyrrole nitrogens is 1. The number of hydrogen-bond acceptors (Lipinski definition) is 7. The minimum Gasteiger partial charge on any atom is -0.358 e. The molecule has 2 N–H and O–H groups in total. The predicted octanol–water partition coefficient (Wildman–Crippen LogP) is 3.85. The summed E-state index contributed by atoms with van der Waals surface area (Å²) in [5, 5.41) is 5.80. The molecule has 2 aromatic carbocycles. The molecule has 0 saturated heterocycles. The van der Waals surface area contributed by atoms with Gasteiger partial charge in [0.2, 0.25) is 0 Å². The number of aromatic amines is 1. The monoisotopic (exact) mass is 476 g/mol. The highest BCUT2D eigenvalue weighted by molar-refractivity contribution is 6.35. The lowest BCUT2D eigenvalue weighted by atomic mass is 10.2. The molecule has 1 aliphatic heterocycles. The quantitative estimate of drug-likeness (QED) is 0.406. The van der Waals surface area contributed by atoms with Crippen molar-refractivity contribution < 1.29 is 4.39 Å². The van der Waals surface area contributed by atoms with Gasteiger partial charge in [-0.25, -0.2) is 24.3 Å². The maximum Gasteiger partial charge on any atom is 0.282 e. The summed E-state index contributed by atoms with van der Waals surface area (Å²) in [7, 11) is 0. The van der Waals surface area contributed by atoms with Gasteiger partial charge in [-0.3, -0.25) is 9.80 Å². The molecule has 0 spiro atoms. The Morgan fingerprint density at radius 3 is 2.97 bits per heavy atom. The molecule has 1 atom stereocenters. The molecule has 4 heterocycles. The van der Waals surface area contributed by atoms with E-state index in [1.165, 1.54) is 23.1 Å². The van der Waals surface area contributed by atoms with Crippen LogP contribution in [0.5, 0.6) is 0 Å². The minimum absolute atomic E-state index is 0.300. The normalized spacial score (nSPS) is 14.0. The Bertz CT molecular complexity index is 1630. The summed E-state index contributed by atoms with van der Waals surface area (Å²) in [6.45, 7) is 2.38. The molecule has 5 aromatic rings. The Morgan fingerprint density at radius 2 is 2.09 bits per heavy atom. The summed E-state index contributed by atoms with van der Waals surface area (Å²) in [5.41, 5.74) is 2.94. The Labute approximate surface area is 197 Å². The highest BCUT2D eigenvalue weighted by atomic mass is 35.5. The smallest absolute Gasteiger partial charge is 0.282 e. The second-order valence-corrected chi connectivity index (χ2v) is 8.46. The second kappa shape index (κ2) is 7.77. The summed E-state index contributed by atoms with van der Waals surface area (Å²) < 4.78 is 15.4. The third-order valence-electron chi connectivity index (χ3n) is 5.97. The molecule has 0 radical (unpaired) electrons. The van der Waals surface area contributed by atoms with Crippen LogP contribution < -0.4 is 15.9 Å². The van der Waals surface area contributed by atoms with Crippen molar-refractivity contribution in [3.05, 3.63) is 81.6 Å².